The molecule has 0 spiro atoms. The van der Waals surface area contributed by atoms with E-state index in [2.05, 4.69) is 29.6 Å². The summed E-state index contributed by atoms with van der Waals surface area (Å²) in [5.41, 5.74) is 3.97. The first-order valence-corrected chi connectivity index (χ1v) is 17.7. The van der Waals surface area contributed by atoms with Gasteiger partial charge in [0.15, 0.2) is 16.3 Å². The van der Waals surface area contributed by atoms with Crippen molar-refractivity contribution >= 4 is 39.8 Å². The summed E-state index contributed by atoms with van der Waals surface area (Å²) in [5.74, 6) is 1.58. The van der Waals surface area contributed by atoms with Crippen molar-refractivity contribution in [2.45, 2.75) is 33.4 Å². The van der Waals surface area contributed by atoms with Crippen LogP contribution in [0.5, 0.6) is 17.2 Å². The largest absolute Gasteiger partial charge is 0.494 e. The number of para-hydroxylation sites is 1. The van der Waals surface area contributed by atoms with Crippen molar-refractivity contribution in [2.75, 3.05) is 18.5 Å². The summed E-state index contributed by atoms with van der Waals surface area (Å²) in [5, 5.41) is 5.30. The number of aromatic nitrogens is 1. The Morgan fingerprint density at radius 2 is 1.59 bits per heavy atom. The van der Waals surface area contributed by atoms with E-state index < -0.39 is 6.04 Å². The highest BCUT2D eigenvalue weighted by Gasteiger charge is 2.32. The number of hydrogen-bond donors (Lipinski definition) is 1. The van der Waals surface area contributed by atoms with Gasteiger partial charge in [0.2, 0.25) is 0 Å². The highest BCUT2D eigenvalue weighted by atomic mass is 32.1. The SMILES string of the molecule is CCOc1ccc([C@@H]2C(C(=O)Nc3ccccc3)=C(C)N=c3s/c(=C\c4ccc(OCc5cccc6ccccc56)c(OCC)c4)c(=O)n32)cc1. The molecule has 0 aliphatic carbocycles. The fourth-order valence-electron chi connectivity index (χ4n) is 6.29. The van der Waals surface area contributed by atoms with Crippen LogP contribution in [-0.2, 0) is 11.4 Å². The van der Waals surface area contributed by atoms with Crippen LogP contribution in [0.4, 0.5) is 5.69 Å². The molecule has 0 radical (unpaired) electrons. The lowest BCUT2D eigenvalue weighted by Crippen LogP contribution is -2.40. The van der Waals surface area contributed by atoms with E-state index in [-0.39, 0.29) is 11.5 Å². The minimum atomic E-state index is -0.702. The third-order valence-corrected chi connectivity index (χ3v) is 9.62. The minimum absolute atomic E-state index is 0.246. The number of carbonyl (C=O) groups excluding carboxylic acids is 1. The summed E-state index contributed by atoms with van der Waals surface area (Å²) in [6, 6.07) is 36.1. The molecular weight excluding hydrogens is 659 g/mol. The van der Waals surface area contributed by atoms with Crippen molar-refractivity contribution in [2.24, 2.45) is 4.99 Å². The number of fused-ring (bicyclic) bond motifs is 2. The topological polar surface area (TPSA) is 91.2 Å². The zero-order valence-electron chi connectivity index (χ0n) is 28.6. The van der Waals surface area contributed by atoms with Crippen LogP contribution in [-0.4, -0.2) is 23.7 Å². The zero-order chi connectivity index (χ0) is 35.3. The van der Waals surface area contributed by atoms with Crippen molar-refractivity contribution in [1.82, 2.24) is 4.57 Å². The quantitative estimate of drug-likeness (QED) is 0.153. The first-order chi connectivity index (χ1) is 24.9. The molecule has 0 fully saturated rings. The van der Waals surface area contributed by atoms with Crippen LogP contribution in [0, 0.1) is 0 Å². The van der Waals surface area contributed by atoms with Crippen molar-refractivity contribution < 1.29 is 19.0 Å². The van der Waals surface area contributed by atoms with E-state index in [1.54, 1.807) is 4.57 Å². The maximum Gasteiger partial charge on any atom is 0.271 e. The Balaban J connectivity index is 1.25. The van der Waals surface area contributed by atoms with Gasteiger partial charge in [-0.3, -0.25) is 14.2 Å². The molecule has 0 bridgehead atoms. The smallest absolute Gasteiger partial charge is 0.271 e. The molecule has 1 N–H and O–H groups in total. The van der Waals surface area contributed by atoms with E-state index in [0.717, 1.165) is 27.5 Å². The summed E-state index contributed by atoms with van der Waals surface area (Å²) in [6.45, 7) is 7.02. The summed E-state index contributed by atoms with van der Waals surface area (Å²) in [6.07, 6.45) is 1.83. The molecule has 1 aromatic heterocycles. The van der Waals surface area contributed by atoms with Crippen LogP contribution in [0.2, 0.25) is 0 Å². The lowest BCUT2D eigenvalue weighted by atomic mass is 9.95. The van der Waals surface area contributed by atoms with Gasteiger partial charge in [-0.1, -0.05) is 90.2 Å². The third kappa shape index (κ3) is 7.07. The Kier molecular flexibility index (Phi) is 9.81. The highest BCUT2D eigenvalue weighted by Crippen LogP contribution is 2.33. The van der Waals surface area contributed by atoms with Crippen LogP contribution in [0.25, 0.3) is 16.8 Å². The van der Waals surface area contributed by atoms with Crippen LogP contribution in [0.15, 0.2) is 136 Å². The molecule has 6 aromatic rings. The summed E-state index contributed by atoms with van der Waals surface area (Å²) < 4.78 is 20.1. The first-order valence-electron chi connectivity index (χ1n) is 16.9. The lowest BCUT2D eigenvalue weighted by Gasteiger charge is -2.25. The Bertz CT molecular complexity index is 2430. The van der Waals surface area contributed by atoms with E-state index >= 15 is 0 Å². The maximum atomic E-state index is 14.3. The Labute approximate surface area is 299 Å². The fraction of sp³-hybridized carbons (Fsp3) is 0.167. The number of nitrogens with zero attached hydrogens (tertiary/aromatic N) is 2. The number of carbonyl (C=O) groups is 1. The van der Waals surface area contributed by atoms with Crippen molar-refractivity contribution in [1.29, 1.82) is 0 Å². The highest BCUT2D eigenvalue weighted by molar-refractivity contribution is 7.07. The molecule has 8 nitrogen and oxygen atoms in total. The number of nitrogens with one attached hydrogen (secondary N) is 1. The molecule has 1 atom stereocenters. The Morgan fingerprint density at radius 1 is 0.843 bits per heavy atom. The normalized spacial score (nSPS) is 14.2. The van der Waals surface area contributed by atoms with E-state index in [1.165, 1.54) is 11.3 Å². The summed E-state index contributed by atoms with van der Waals surface area (Å²) in [7, 11) is 0. The molecule has 51 heavy (non-hydrogen) atoms. The second-order valence-corrected chi connectivity index (χ2v) is 13.0. The molecule has 1 amide bonds. The van der Waals surface area contributed by atoms with Gasteiger partial charge in [-0.25, -0.2) is 4.99 Å². The van der Waals surface area contributed by atoms with E-state index in [1.807, 2.05) is 118 Å². The average molecular weight is 696 g/mol. The number of ether oxygens (including phenoxy) is 3. The molecule has 0 saturated carbocycles. The third-order valence-electron chi connectivity index (χ3n) is 8.63. The molecule has 0 unspecified atom stereocenters. The number of benzene rings is 5. The fourth-order valence-corrected chi connectivity index (χ4v) is 7.33. The summed E-state index contributed by atoms with van der Waals surface area (Å²) in [4.78, 5) is 33.5. The van der Waals surface area contributed by atoms with Gasteiger partial charge >= 0.3 is 0 Å². The van der Waals surface area contributed by atoms with Gasteiger partial charge in [0.25, 0.3) is 11.5 Å². The van der Waals surface area contributed by atoms with Gasteiger partial charge < -0.3 is 19.5 Å². The van der Waals surface area contributed by atoms with Crippen LogP contribution in [0.3, 0.4) is 0 Å². The van der Waals surface area contributed by atoms with Gasteiger partial charge in [-0.15, -0.1) is 0 Å². The Hall–Kier alpha value is -5.93. The lowest BCUT2D eigenvalue weighted by molar-refractivity contribution is -0.113. The average Bonchev–Trinajstić information content (AvgIpc) is 3.45. The van der Waals surface area contributed by atoms with Gasteiger partial charge in [0, 0.05) is 5.69 Å². The van der Waals surface area contributed by atoms with Crippen molar-refractivity contribution in [3.63, 3.8) is 0 Å². The predicted octanol–water partition coefficient (Wildman–Crippen LogP) is 7.40. The molecule has 2 heterocycles. The monoisotopic (exact) mass is 695 g/mol. The number of allylic oxidation sites excluding steroid dienone is 1. The van der Waals surface area contributed by atoms with E-state index in [0.29, 0.717) is 63.4 Å². The molecule has 7 rings (SSSR count). The molecule has 9 heteroatoms. The van der Waals surface area contributed by atoms with Crippen molar-refractivity contribution in [3.05, 3.63) is 163 Å². The second-order valence-electron chi connectivity index (χ2n) is 12.0. The van der Waals surface area contributed by atoms with Gasteiger partial charge in [0.1, 0.15) is 12.4 Å². The number of anilines is 1. The van der Waals surface area contributed by atoms with Crippen LogP contribution < -0.4 is 34.4 Å². The minimum Gasteiger partial charge on any atom is -0.494 e. The first kappa shape index (κ1) is 33.6. The molecule has 1 aliphatic heterocycles. The number of thiazole rings is 1. The van der Waals surface area contributed by atoms with E-state index in [4.69, 9.17) is 19.2 Å². The van der Waals surface area contributed by atoms with Crippen LogP contribution >= 0.6 is 11.3 Å². The Morgan fingerprint density at radius 3 is 2.37 bits per heavy atom. The van der Waals surface area contributed by atoms with Gasteiger partial charge in [-0.2, -0.15) is 0 Å². The number of amides is 1. The van der Waals surface area contributed by atoms with Gasteiger partial charge in [-0.05, 0) is 90.7 Å². The molecule has 1 aliphatic rings. The van der Waals surface area contributed by atoms with E-state index in [9.17, 15) is 9.59 Å². The molecular formula is C42H37N3O5S. The number of hydrogen-bond acceptors (Lipinski definition) is 7. The molecule has 5 aromatic carbocycles. The zero-order valence-corrected chi connectivity index (χ0v) is 29.4. The molecule has 0 saturated heterocycles. The van der Waals surface area contributed by atoms with Crippen molar-refractivity contribution in [3.8, 4) is 17.2 Å². The number of rotatable bonds is 11. The molecule has 256 valence electrons. The predicted molar refractivity (Wildman–Crippen MR) is 202 cm³/mol. The summed E-state index contributed by atoms with van der Waals surface area (Å²) >= 11 is 1.29. The van der Waals surface area contributed by atoms with Gasteiger partial charge in [0.05, 0.1) is 35.1 Å². The standard InChI is InChI=1S/C42H37N3O5S/c1-4-48-33-21-19-30(20-22-33)39-38(40(46)44-32-15-7-6-8-16-32)27(3)43-42-45(39)41(47)37(51-42)25-28-18-23-35(36(24-28)49-5-2)50-26-31-14-11-13-29-12-9-10-17-34(29)31/h6-25,39H,4-5,26H2,1-3H3,(H,44,46)/b37-25-/t39-/m1/s1. The maximum absolute atomic E-state index is 14.3. The second kappa shape index (κ2) is 14.9. The van der Waals surface area contributed by atoms with Crippen LogP contribution in [0.1, 0.15) is 43.5 Å².